The van der Waals surface area contributed by atoms with Crippen molar-refractivity contribution >= 4 is 46.4 Å². The summed E-state index contributed by atoms with van der Waals surface area (Å²) in [7, 11) is 0. The van der Waals surface area contributed by atoms with E-state index < -0.39 is 30.8 Å². The number of pyridine rings is 1. The SMILES string of the molecule is O=C(Nc1ccnc(Cl)c1)c1cnc2c(NC3CC3)cc(NC3CCC(N(CC(F)(F)F)C(=O)O)CC3)nn12. The standard InChI is InChI=1S/C24H26ClF3N8O3/c25-19-9-15(7-8-29-19)33-22(37)18-11-30-21-17(31-13-1-2-13)10-20(34-36(18)21)32-14-3-5-16(6-4-14)35(23(38)39)12-24(26,27)28/h7-11,13-14,16,31H,1-6,12H2,(H,32,34)(H,38,39)(H,29,33,37). The van der Waals surface area contributed by atoms with Gasteiger partial charge in [-0.1, -0.05) is 11.6 Å². The molecule has 0 aliphatic heterocycles. The Hall–Kier alpha value is -3.81. The van der Waals surface area contributed by atoms with E-state index in [0.717, 1.165) is 12.8 Å². The molecule has 15 heteroatoms. The average Bonchev–Trinajstić information content (AvgIpc) is 3.57. The number of amides is 2. The highest BCUT2D eigenvalue weighted by Gasteiger charge is 2.38. The molecule has 2 aliphatic rings. The highest BCUT2D eigenvalue weighted by Crippen LogP contribution is 2.31. The Kier molecular flexibility index (Phi) is 7.38. The quantitative estimate of drug-likeness (QED) is 0.283. The van der Waals surface area contributed by atoms with E-state index in [2.05, 4.69) is 31.0 Å². The molecule has 0 aromatic carbocycles. The first-order valence-electron chi connectivity index (χ1n) is 12.5. The van der Waals surface area contributed by atoms with Crippen LogP contribution in [-0.2, 0) is 0 Å². The maximum Gasteiger partial charge on any atom is 0.407 e. The van der Waals surface area contributed by atoms with E-state index in [1.165, 1.54) is 23.0 Å². The van der Waals surface area contributed by atoms with Crippen LogP contribution in [0.2, 0.25) is 5.15 Å². The molecule has 5 rings (SSSR count). The second kappa shape index (κ2) is 10.8. The van der Waals surface area contributed by atoms with Gasteiger partial charge in [0.1, 0.15) is 17.5 Å². The summed E-state index contributed by atoms with van der Waals surface area (Å²) in [5.74, 6) is 0.00390. The van der Waals surface area contributed by atoms with Crippen molar-refractivity contribution in [2.75, 3.05) is 22.5 Å². The summed E-state index contributed by atoms with van der Waals surface area (Å²) in [4.78, 5) is 33.3. The molecule has 0 radical (unpaired) electrons. The summed E-state index contributed by atoms with van der Waals surface area (Å²) in [5, 5.41) is 23.6. The van der Waals surface area contributed by atoms with Gasteiger partial charge in [-0.2, -0.15) is 13.2 Å². The Bertz CT molecular complexity index is 1370. The fourth-order valence-electron chi connectivity index (χ4n) is 4.71. The normalized spacial score (nSPS) is 19.5. The van der Waals surface area contributed by atoms with Crippen LogP contribution in [0.4, 0.5) is 35.2 Å². The first-order valence-corrected chi connectivity index (χ1v) is 12.8. The first kappa shape index (κ1) is 26.8. The van der Waals surface area contributed by atoms with Gasteiger partial charge in [0.2, 0.25) is 0 Å². The Labute approximate surface area is 225 Å². The molecule has 2 fully saturated rings. The molecule has 0 spiro atoms. The summed E-state index contributed by atoms with van der Waals surface area (Å²) < 4.78 is 40.1. The van der Waals surface area contributed by atoms with Crippen LogP contribution in [0.15, 0.2) is 30.6 Å². The zero-order valence-corrected chi connectivity index (χ0v) is 21.3. The number of hydrogen-bond donors (Lipinski definition) is 4. The van der Waals surface area contributed by atoms with E-state index in [1.807, 2.05) is 0 Å². The van der Waals surface area contributed by atoms with Crippen LogP contribution in [0.1, 0.15) is 49.0 Å². The monoisotopic (exact) mass is 566 g/mol. The molecular formula is C24H26ClF3N8O3. The summed E-state index contributed by atoms with van der Waals surface area (Å²) >= 11 is 5.92. The third kappa shape index (κ3) is 6.61. The van der Waals surface area contributed by atoms with Crippen molar-refractivity contribution in [2.45, 2.75) is 62.8 Å². The number of alkyl halides is 3. The van der Waals surface area contributed by atoms with Crippen molar-refractivity contribution in [3.63, 3.8) is 0 Å². The zero-order valence-electron chi connectivity index (χ0n) is 20.6. The molecule has 39 heavy (non-hydrogen) atoms. The number of carboxylic acid groups (broad SMARTS) is 1. The second-order valence-corrected chi connectivity index (χ2v) is 10.1. The Morgan fingerprint density at radius 3 is 2.41 bits per heavy atom. The van der Waals surface area contributed by atoms with Gasteiger partial charge in [0, 0.05) is 36.1 Å². The predicted molar refractivity (Wildman–Crippen MR) is 137 cm³/mol. The largest absolute Gasteiger partial charge is 0.465 e. The molecule has 2 amide bonds. The Morgan fingerprint density at radius 1 is 1.08 bits per heavy atom. The molecule has 0 saturated heterocycles. The number of halogens is 4. The first-order chi connectivity index (χ1) is 18.6. The maximum atomic E-state index is 13.1. The van der Waals surface area contributed by atoms with Crippen molar-refractivity contribution in [3.8, 4) is 0 Å². The number of fused-ring (bicyclic) bond motifs is 1. The van der Waals surface area contributed by atoms with E-state index in [4.69, 9.17) is 11.6 Å². The van der Waals surface area contributed by atoms with Crippen molar-refractivity contribution in [2.24, 2.45) is 0 Å². The van der Waals surface area contributed by atoms with Crippen LogP contribution in [0.3, 0.4) is 0 Å². The van der Waals surface area contributed by atoms with Crippen molar-refractivity contribution in [1.82, 2.24) is 24.5 Å². The minimum atomic E-state index is -4.60. The fraction of sp³-hybridized carbons (Fsp3) is 0.458. The lowest BCUT2D eigenvalue weighted by Crippen LogP contribution is -2.47. The van der Waals surface area contributed by atoms with Crippen LogP contribution in [0, 0.1) is 0 Å². The van der Waals surface area contributed by atoms with Crippen LogP contribution < -0.4 is 16.0 Å². The van der Waals surface area contributed by atoms with Crippen LogP contribution >= 0.6 is 11.6 Å². The lowest BCUT2D eigenvalue weighted by Gasteiger charge is -2.36. The number of nitrogens with one attached hydrogen (secondary N) is 3. The molecule has 208 valence electrons. The van der Waals surface area contributed by atoms with Gasteiger partial charge < -0.3 is 21.1 Å². The van der Waals surface area contributed by atoms with Crippen LogP contribution in [0.25, 0.3) is 5.65 Å². The number of aromatic nitrogens is 4. The Balaban J connectivity index is 1.33. The molecule has 3 aromatic heterocycles. The van der Waals surface area contributed by atoms with E-state index in [9.17, 15) is 27.9 Å². The number of carbonyl (C=O) groups is 2. The summed E-state index contributed by atoms with van der Waals surface area (Å²) in [6.45, 7) is -1.49. The molecule has 0 bridgehead atoms. The second-order valence-electron chi connectivity index (χ2n) is 9.74. The average molecular weight is 567 g/mol. The summed E-state index contributed by atoms with van der Waals surface area (Å²) in [6.07, 6.45) is 0.210. The minimum absolute atomic E-state index is 0.138. The lowest BCUT2D eigenvalue weighted by atomic mass is 9.90. The van der Waals surface area contributed by atoms with E-state index in [1.54, 1.807) is 12.1 Å². The fourth-order valence-corrected chi connectivity index (χ4v) is 4.88. The smallest absolute Gasteiger partial charge is 0.407 e. The summed E-state index contributed by atoms with van der Waals surface area (Å²) in [6, 6.07) is 4.35. The van der Waals surface area contributed by atoms with Crippen molar-refractivity contribution < 1.29 is 27.9 Å². The van der Waals surface area contributed by atoms with E-state index in [0.29, 0.717) is 46.6 Å². The molecule has 0 unspecified atom stereocenters. The molecule has 2 saturated carbocycles. The van der Waals surface area contributed by atoms with Gasteiger partial charge in [0.05, 0.1) is 11.9 Å². The van der Waals surface area contributed by atoms with E-state index in [-0.39, 0.29) is 29.7 Å². The Morgan fingerprint density at radius 2 is 1.77 bits per heavy atom. The molecule has 2 aliphatic carbocycles. The lowest BCUT2D eigenvalue weighted by molar-refractivity contribution is -0.147. The van der Waals surface area contributed by atoms with Gasteiger partial charge in [-0.15, -0.1) is 5.10 Å². The van der Waals surface area contributed by atoms with Crippen LogP contribution in [-0.4, -0.2) is 72.4 Å². The number of imidazole rings is 1. The zero-order chi connectivity index (χ0) is 27.7. The van der Waals surface area contributed by atoms with Crippen molar-refractivity contribution in [1.29, 1.82) is 0 Å². The van der Waals surface area contributed by atoms with Crippen LogP contribution in [0.5, 0.6) is 0 Å². The molecule has 3 aromatic rings. The number of hydrogen-bond acceptors (Lipinski definition) is 7. The third-order valence-electron chi connectivity index (χ3n) is 6.71. The van der Waals surface area contributed by atoms with Gasteiger partial charge in [-0.25, -0.2) is 19.3 Å². The minimum Gasteiger partial charge on any atom is -0.465 e. The molecule has 4 N–H and O–H groups in total. The maximum absolute atomic E-state index is 13.1. The summed E-state index contributed by atoms with van der Waals surface area (Å²) in [5.41, 5.74) is 1.81. The molecule has 11 nitrogen and oxygen atoms in total. The number of anilines is 3. The highest BCUT2D eigenvalue weighted by atomic mass is 35.5. The van der Waals surface area contributed by atoms with Gasteiger partial charge >= 0.3 is 12.3 Å². The number of carbonyl (C=O) groups excluding carboxylic acids is 1. The molecular weight excluding hydrogens is 541 g/mol. The molecule has 3 heterocycles. The predicted octanol–water partition coefficient (Wildman–Crippen LogP) is 4.87. The van der Waals surface area contributed by atoms with Gasteiger partial charge in [0.15, 0.2) is 11.3 Å². The third-order valence-corrected chi connectivity index (χ3v) is 6.91. The van der Waals surface area contributed by atoms with Gasteiger partial charge in [-0.3, -0.25) is 9.69 Å². The number of nitrogens with zero attached hydrogens (tertiary/aromatic N) is 5. The van der Waals surface area contributed by atoms with Gasteiger partial charge in [0.25, 0.3) is 5.91 Å². The highest BCUT2D eigenvalue weighted by molar-refractivity contribution is 6.29. The number of rotatable bonds is 8. The topological polar surface area (TPSA) is 137 Å². The van der Waals surface area contributed by atoms with E-state index >= 15 is 0 Å². The van der Waals surface area contributed by atoms with Gasteiger partial charge in [-0.05, 0) is 50.7 Å². The molecule has 0 atom stereocenters. The van der Waals surface area contributed by atoms with Crippen molar-refractivity contribution in [3.05, 3.63) is 41.4 Å².